The van der Waals surface area contributed by atoms with Gasteiger partial charge in [0.2, 0.25) is 0 Å². The van der Waals surface area contributed by atoms with Gasteiger partial charge in [-0.25, -0.2) is 4.39 Å². The van der Waals surface area contributed by atoms with Gasteiger partial charge in [0, 0.05) is 5.54 Å². The topological polar surface area (TPSA) is 26.0 Å². The van der Waals surface area contributed by atoms with Crippen LogP contribution in [0.5, 0.6) is 0 Å². The smallest absolute Gasteiger partial charge is 0.137 e. The minimum absolute atomic E-state index is 0.0943. The SMILES string of the molecule is CCC1CCC(N)(Cc2ccc(F)c(Br)c2)CC1. The maximum Gasteiger partial charge on any atom is 0.137 e. The zero-order valence-electron chi connectivity index (χ0n) is 10.9. The van der Waals surface area contributed by atoms with E-state index >= 15 is 0 Å². The summed E-state index contributed by atoms with van der Waals surface area (Å²) in [7, 11) is 0. The fraction of sp³-hybridized carbons (Fsp3) is 0.600. The van der Waals surface area contributed by atoms with E-state index < -0.39 is 0 Å². The lowest BCUT2D eigenvalue weighted by Gasteiger charge is -2.37. The van der Waals surface area contributed by atoms with Gasteiger partial charge in [-0.2, -0.15) is 0 Å². The lowest BCUT2D eigenvalue weighted by molar-refractivity contribution is 0.228. The van der Waals surface area contributed by atoms with Gasteiger partial charge in [-0.15, -0.1) is 0 Å². The first-order valence-corrected chi connectivity index (χ1v) is 7.54. The van der Waals surface area contributed by atoms with Gasteiger partial charge in [0.25, 0.3) is 0 Å². The molecule has 2 rings (SSSR count). The van der Waals surface area contributed by atoms with E-state index in [9.17, 15) is 4.39 Å². The standard InChI is InChI=1S/C15H21BrFN/c1-2-11-5-7-15(18,8-6-11)10-12-3-4-14(17)13(16)9-12/h3-4,9,11H,2,5-8,10,18H2,1H3. The molecule has 1 saturated carbocycles. The molecular formula is C15H21BrFN. The monoisotopic (exact) mass is 313 g/mol. The summed E-state index contributed by atoms with van der Waals surface area (Å²) < 4.78 is 13.7. The van der Waals surface area contributed by atoms with Crippen molar-refractivity contribution in [3.8, 4) is 0 Å². The molecule has 1 nitrogen and oxygen atoms in total. The van der Waals surface area contributed by atoms with Crippen molar-refractivity contribution >= 4 is 15.9 Å². The maximum atomic E-state index is 13.2. The molecule has 1 aliphatic carbocycles. The minimum Gasteiger partial charge on any atom is -0.325 e. The third-order valence-corrected chi connectivity index (χ3v) is 4.83. The lowest BCUT2D eigenvalue weighted by atomic mass is 9.73. The molecule has 18 heavy (non-hydrogen) atoms. The third kappa shape index (κ3) is 3.33. The molecule has 0 aromatic heterocycles. The highest BCUT2D eigenvalue weighted by atomic mass is 79.9. The molecule has 0 bridgehead atoms. The number of hydrogen-bond donors (Lipinski definition) is 1. The average Bonchev–Trinajstić information content (AvgIpc) is 2.35. The van der Waals surface area contributed by atoms with Gasteiger partial charge in [-0.05, 0) is 71.6 Å². The number of rotatable bonds is 3. The summed E-state index contributed by atoms with van der Waals surface area (Å²) in [4.78, 5) is 0. The van der Waals surface area contributed by atoms with Crippen molar-refractivity contribution in [1.29, 1.82) is 0 Å². The van der Waals surface area contributed by atoms with E-state index in [1.807, 2.05) is 12.1 Å². The normalized spacial score (nSPS) is 28.3. The van der Waals surface area contributed by atoms with E-state index in [1.165, 1.54) is 25.3 Å². The van der Waals surface area contributed by atoms with Gasteiger partial charge in [0.1, 0.15) is 5.82 Å². The summed E-state index contributed by atoms with van der Waals surface area (Å²) in [5.74, 6) is 0.640. The zero-order valence-corrected chi connectivity index (χ0v) is 12.5. The van der Waals surface area contributed by atoms with Crippen molar-refractivity contribution in [2.75, 3.05) is 0 Å². The molecule has 100 valence electrons. The van der Waals surface area contributed by atoms with Gasteiger partial charge in [0.15, 0.2) is 0 Å². The summed E-state index contributed by atoms with van der Waals surface area (Å²) in [5, 5.41) is 0. The minimum atomic E-state index is -0.209. The molecule has 1 aromatic rings. The Balaban J connectivity index is 2.02. The molecular weight excluding hydrogens is 293 g/mol. The number of nitrogens with two attached hydrogens (primary N) is 1. The molecule has 1 aromatic carbocycles. The van der Waals surface area contributed by atoms with E-state index in [0.29, 0.717) is 4.47 Å². The van der Waals surface area contributed by atoms with Crippen LogP contribution >= 0.6 is 15.9 Å². The molecule has 0 spiro atoms. The Labute approximate surface area is 117 Å². The van der Waals surface area contributed by atoms with Crippen molar-refractivity contribution in [2.24, 2.45) is 11.7 Å². The first-order chi connectivity index (χ1) is 8.52. The average molecular weight is 314 g/mol. The second-order valence-electron chi connectivity index (χ2n) is 5.64. The van der Waals surface area contributed by atoms with Crippen LogP contribution in [0.1, 0.15) is 44.6 Å². The molecule has 0 atom stereocenters. The van der Waals surface area contributed by atoms with E-state index in [0.717, 1.165) is 30.7 Å². The molecule has 1 fully saturated rings. The van der Waals surface area contributed by atoms with Crippen LogP contribution in [0.15, 0.2) is 22.7 Å². The molecule has 2 N–H and O–H groups in total. The van der Waals surface area contributed by atoms with Gasteiger partial charge < -0.3 is 5.73 Å². The molecule has 0 radical (unpaired) electrons. The van der Waals surface area contributed by atoms with Crippen LogP contribution in [0.2, 0.25) is 0 Å². The maximum absolute atomic E-state index is 13.2. The number of hydrogen-bond acceptors (Lipinski definition) is 1. The van der Waals surface area contributed by atoms with Crippen LogP contribution in [0.25, 0.3) is 0 Å². The Morgan fingerprint density at radius 2 is 2.06 bits per heavy atom. The molecule has 0 aliphatic heterocycles. The molecule has 1 aliphatic rings. The molecule has 3 heteroatoms. The molecule has 0 saturated heterocycles. The van der Waals surface area contributed by atoms with Gasteiger partial charge >= 0.3 is 0 Å². The Morgan fingerprint density at radius 3 is 2.61 bits per heavy atom. The predicted molar refractivity (Wildman–Crippen MR) is 77.0 cm³/mol. The van der Waals surface area contributed by atoms with Crippen LogP contribution in [0.4, 0.5) is 4.39 Å². The number of halogens is 2. The summed E-state index contributed by atoms with van der Waals surface area (Å²) >= 11 is 3.23. The van der Waals surface area contributed by atoms with E-state index in [4.69, 9.17) is 5.73 Å². The van der Waals surface area contributed by atoms with E-state index in [1.54, 1.807) is 0 Å². The van der Waals surface area contributed by atoms with Crippen LogP contribution in [-0.4, -0.2) is 5.54 Å². The van der Waals surface area contributed by atoms with Crippen LogP contribution < -0.4 is 5.73 Å². The quantitative estimate of drug-likeness (QED) is 0.877. The van der Waals surface area contributed by atoms with Crippen LogP contribution in [0.3, 0.4) is 0 Å². The highest BCUT2D eigenvalue weighted by Crippen LogP contribution is 2.34. The Morgan fingerprint density at radius 1 is 1.39 bits per heavy atom. The molecule has 0 unspecified atom stereocenters. The van der Waals surface area contributed by atoms with Crippen LogP contribution in [-0.2, 0) is 6.42 Å². The summed E-state index contributed by atoms with van der Waals surface area (Å²) in [6, 6.07) is 5.22. The first kappa shape index (κ1) is 14.0. The first-order valence-electron chi connectivity index (χ1n) is 6.75. The van der Waals surface area contributed by atoms with Crippen LogP contribution in [0, 0.1) is 11.7 Å². The lowest BCUT2D eigenvalue weighted by Crippen LogP contribution is -2.45. The van der Waals surface area contributed by atoms with Crippen molar-refractivity contribution in [3.05, 3.63) is 34.1 Å². The predicted octanol–water partition coefficient (Wildman–Crippen LogP) is 4.43. The Kier molecular flexibility index (Phi) is 4.44. The molecule has 0 amide bonds. The zero-order chi connectivity index (χ0) is 13.2. The van der Waals surface area contributed by atoms with Crippen molar-refractivity contribution in [3.63, 3.8) is 0 Å². The van der Waals surface area contributed by atoms with Gasteiger partial charge in [-0.3, -0.25) is 0 Å². The highest BCUT2D eigenvalue weighted by Gasteiger charge is 2.31. The fourth-order valence-corrected chi connectivity index (χ4v) is 3.32. The second-order valence-corrected chi connectivity index (χ2v) is 6.49. The molecule has 0 heterocycles. The summed E-state index contributed by atoms with van der Waals surface area (Å²) in [5.41, 5.74) is 7.52. The van der Waals surface area contributed by atoms with E-state index in [2.05, 4.69) is 22.9 Å². The summed E-state index contributed by atoms with van der Waals surface area (Å²) in [6.07, 6.45) is 6.74. The van der Waals surface area contributed by atoms with Gasteiger partial charge in [-0.1, -0.05) is 19.4 Å². The Bertz CT molecular complexity index is 411. The largest absolute Gasteiger partial charge is 0.325 e. The Hall–Kier alpha value is -0.410. The van der Waals surface area contributed by atoms with E-state index in [-0.39, 0.29) is 11.4 Å². The third-order valence-electron chi connectivity index (χ3n) is 4.22. The summed E-state index contributed by atoms with van der Waals surface area (Å²) in [6.45, 7) is 2.26. The second kappa shape index (κ2) is 5.70. The highest BCUT2D eigenvalue weighted by molar-refractivity contribution is 9.10. The fourth-order valence-electron chi connectivity index (χ4n) is 2.89. The van der Waals surface area contributed by atoms with Crippen molar-refractivity contribution in [2.45, 2.75) is 51.0 Å². The van der Waals surface area contributed by atoms with Crippen molar-refractivity contribution < 1.29 is 4.39 Å². The van der Waals surface area contributed by atoms with Crippen molar-refractivity contribution in [1.82, 2.24) is 0 Å². The van der Waals surface area contributed by atoms with Gasteiger partial charge in [0.05, 0.1) is 4.47 Å². The number of benzene rings is 1.